The Morgan fingerprint density at radius 2 is 1.56 bits per heavy atom. The van der Waals surface area contributed by atoms with Crippen molar-refractivity contribution in [1.82, 2.24) is 10.2 Å². The second-order valence-electron chi connectivity index (χ2n) is 2.69. The Bertz CT molecular complexity index is 359. The van der Waals surface area contributed by atoms with Crippen LogP contribution >= 0.6 is 0 Å². The number of rotatable bonds is 2. The molecule has 0 fully saturated rings. The van der Waals surface area contributed by atoms with E-state index < -0.39 is 23.7 Å². The summed E-state index contributed by atoms with van der Waals surface area (Å²) in [5.74, 6) is -11.7. The molecule has 1 radical (unpaired) electrons. The molecule has 89 valence electrons. The summed E-state index contributed by atoms with van der Waals surface area (Å²) in [7, 11) is 0. The zero-order chi connectivity index (χ0) is 12.6. The monoisotopic (exact) mass is 247 g/mol. The van der Waals surface area contributed by atoms with Gasteiger partial charge in [-0.1, -0.05) is 0 Å². The molecule has 0 amide bonds. The Kier molecular flexibility index (Phi) is 2.82. The molecule has 0 atom stereocenters. The highest BCUT2D eigenvalue weighted by Crippen LogP contribution is 2.50. The molecule has 0 N–H and O–H groups in total. The lowest BCUT2D eigenvalue weighted by Crippen LogP contribution is -2.50. The molecule has 0 spiro atoms. The molecule has 0 saturated heterocycles. The van der Waals surface area contributed by atoms with Crippen LogP contribution in [0.5, 0.6) is 0 Å². The third-order valence-corrected chi connectivity index (χ3v) is 1.59. The molecule has 1 aromatic heterocycles. The lowest BCUT2D eigenvalue weighted by atomic mass is 10.1. The lowest BCUT2D eigenvalue weighted by Gasteiger charge is -2.27. The maximum Gasteiger partial charge on any atom is 0.460 e. The first-order valence-corrected chi connectivity index (χ1v) is 3.62. The first-order valence-electron chi connectivity index (χ1n) is 3.62. The van der Waals surface area contributed by atoms with Gasteiger partial charge in [0.1, 0.15) is 5.69 Å². The van der Waals surface area contributed by atoms with E-state index in [1.165, 1.54) is 0 Å². The lowest BCUT2D eigenvalue weighted by molar-refractivity contribution is -0.360. The van der Waals surface area contributed by atoms with E-state index in [0.29, 0.717) is 0 Å². The van der Waals surface area contributed by atoms with Gasteiger partial charge in [-0.2, -0.15) is 35.8 Å². The van der Waals surface area contributed by atoms with Crippen LogP contribution in [-0.2, 0) is 5.92 Å². The Labute approximate surface area is 84.1 Å². The summed E-state index contributed by atoms with van der Waals surface area (Å²) in [6.07, 6.45) is -5.64. The summed E-state index contributed by atoms with van der Waals surface area (Å²) >= 11 is 0. The summed E-state index contributed by atoms with van der Waals surface area (Å²) in [6.45, 7) is 0. The van der Waals surface area contributed by atoms with Gasteiger partial charge >= 0.3 is 18.0 Å². The van der Waals surface area contributed by atoms with Gasteiger partial charge in [0.25, 0.3) is 0 Å². The van der Waals surface area contributed by atoms with Crippen molar-refractivity contribution in [3.05, 3.63) is 24.0 Å². The predicted octanol–water partition coefficient (Wildman–Crippen LogP) is 2.57. The largest absolute Gasteiger partial charge is 0.460 e. The first kappa shape index (κ1) is 12.7. The molecule has 0 aromatic carbocycles. The molecule has 0 aliphatic heterocycles. The van der Waals surface area contributed by atoms with Crippen molar-refractivity contribution >= 4 is 0 Å². The molecule has 1 rings (SSSR count). The molecule has 1 heterocycles. The standard InChI is InChI=1S/C7H2F7N2/c8-5(9,4-2-1-3-15-16-4)6(10,11)7(12,13)14/h2-3H. The Morgan fingerprint density at radius 1 is 1.00 bits per heavy atom. The van der Waals surface area contributed by atoms with E-state index in [0.717, 1.165) is 6.20 Å². The molecule has 2 nitrogen and oxygen atoms in total. The number of halogens is 7. The van der Waals surface area contributed by atoms with Gasteiger partial charge in [0.15, 0.2) is 0 Å². The van der Waals surface area contributed by atoms with Crippen LogP contribution in [0.4, 0.5) is 30.7 Å². The molecule has 0 saturated carbocycles. The number of alkyl halides is 7. The highest BCUT2D eigenvalue weighted by molar-refractivity contribution is 5.12. The maximum absolute atomic E-state index is 12.8. The maximum atomic E-state index is 12.8. The second-order valence-corrected chi connectivity index (χ2v) is 2.69. The minimum Gasteiger partial charge on any atom is -0.192 e. The second kappa shape index (κ2) is 3.56. The van der Waals surface area contributed by atoms with E-state index in [-0.39, 0.29) is 6.07 Å². The van der Waals surface area contributed by atoms with Crippen LogP contribution in [0.3, 0.4) is 0 Å². The third-order valence-electron chi connectivity index (χ3n) is 1.59. The minimum atomic E-state index is -6.38. The molecule has 0 aliphatic carbocycles. The van der Waals surface area contributed by atoms with Gasteiger partial charge in [-0.25, -0.2) is 0 Å². The summed E-state index contributed by atoms with van der Waals surface area (Å²) in [5, 5.41) is 5.28. The number of aromatic nitrogens is 2. The van der Waals surface area contributed by atoms with Gasteiger partial charge in [0.05, 0.1) is 6.20 Å². The van der Waals surface area contributed by atoms with E-state index in [4.69, 9.17) is 0 Å². The van der Waals surface area contributed by atoms with Crippen molar-refractivity contribution in [2.45, 2.75) is 18.0 Å². The molecule has 1 aromatic rings. The average Bonchev–Trinajstić information content (AvgIpc) is 2.17. The van der Waals surface area contributed by atoms with E-state index in [1.807, 2.05) is 6.07 Å². The van der Waals surface area contributed by atoms with Crippen molar-refractivity contribution in [2.24, 2.45) is 0 Å². The van der Waals surface area contributed by atoms with E-state index in [1.54, 1.807) is 0 Å². The van der Waals surface area contributed by atoms with Gasteiger partial charge < -0.3 is 0 Å². The van der Waals surface area contributed by atoms with Crippen molar-refractivity contribution in [3.8, 4) is 0 Å². The number of hydrogen-bond acceptors (Lipinski definition) is 2. The molecule has 9 heteroatoms. The minimum absolute atomic E-state index is 0.215. The van der Waals surface area contributed by atoms with Crippen molar-refractivity contribution in [3.63, 3.8) is 0 Å². The van der Waals surface area contributed by atoms with Gasteiger partial charge in [-0.3, -0.25) is 0 Å². The van der Waals surface area contributed by atoms with Crippen molar-refractivity contribution < 1.29 is 30.7 Å². The first-order chi connectivity index (χ1) is 7.11. The quantitative estimate of drug-likeness (QED) is 0.750. The van der Waals surface area contributed by atoms with Crippen molar-refractivity contribution in [1.29, 1.82) is 0 Å². The summed E-state index contributed by atoms with van der Waals surface area (Å²) in [5.41, 5.74) is -1.79. The fraction of sp³-hybridized carbons (Fsp3) is 0.429. The smallest absolute Gasteiger partial charge is 0.192 e. The van der Waals surface area contributed by atoms with E-state index in [2.05, 4.69) is 10.2 Å². The molecule has 0 bridgehead atoms. The fourth-order valence-electron chi connectivity index (χ4n) is 0.762. The van der Waals surface area contributed by atoms with Gasteiger partial charge in [-0.05, 0) is 6.07 Å². The van der Waals surface area contributed by atoms with Gasteiger partial charge in [0.2, 0.25) is 0 Å². The van der Waals surface area contributed by atoms with Crippen LogP contribution in [-0.4, -0.2) is 22.3 Å². The number of nitrogens with zero attached hydrogens (tertiary/aromatic N) is 2. The molecular formula is C7H2F7N2. The van der Waals surface area contributed by atoms with E-state index >= 15 is 0 Å². The molecule has 0 aliphatic rings. The Balaban J connectivity index is 3.22. The van der Waals surface area contributed by atoms with Gasteiger partial charge in [0, 0.05) is 6.07 Å². The Hall–Kier alpha value is -1.41. The molecule has 0 unspecified atom stereocenters. The normalized spacial score (nSPS) is 13.9. The predicted molar refractivity (Wildman–Crippen MR) is 35.8 cm³/mol. The average molecular weight is 247 g/mol. The van der Waals surface area contributed by atoms with Crippen LogP contribution in [0.1, 0.15) is 5.69 Å². The van der Waals surface area contributed by atoms with Crippen LogP contribution in [0.15, 0.2) is 12.3 Å². The number of hydrogen-bond donors (Lipinski definition) is 0. The SMILES string of the molecule is FC(F)(F)C(F)(F)C(F)(F)c1c[c]cnn1. The highest BCUT2D eigenvalue weighted by Gasteiger charge is 2.74. The summed E-state index contributed by atoms with van der Waals surface area (Å²) < 4.78 is 85.7. The fourth-order valence-corrected chi connectivity index (χ4v) is 0.762. The van der Waals surface area contributed by atoms with Gasteiger partial charge in [-0.15, -0.1) is 5.10 Å². The van der Waals surface area contributed by atoms with Crippen LogP contribution in [0, 0.1) is 6.07 Å². The van der Waals surface area contributed by atoms with Crippen molar-refractivity contribution in [2.75, 3.05) is 0 Å². The third kappa shape index (κ3) is 1.81. The highest BCUT2D eigenvalue weighted by atomic mass is 19.4. The van der Waals surface area contributed by atoms with Crippen LogP contribution < -0.4 is 0 Å². The van der Waals surface area contributed by atoms with E-state index in [9.17, 15) is 30.7 Å². The van der Waals surface area contributed by atoms with Crippen LogP contribution in [0.25, 0.3) is 0 Å². The topological polar surface area (TPSA) is 25.8 Å². The van der Waals surface area contributed by atoms with Crippen LogP contribution in [0.2, 0.25) is 0 Å². The zero-order valence-corrected chi connectivity index (χ0v) is 7.19. The molecular weight excluding hydrogens is 245 g/mol. The summed E-state index contributed by atoms with van der Waals surface area (Å²) in [6, 6.07) is 2.05. The Morgan fingerprint density at radius 3 is 1.94 bits per heavy atom. The molecule has 16 heavy (non-hydrogen) atoms. The zero-order valence-electron chi connectivity index (χ0n) is 7.19. The summed E-state index contributed by atoms with van der Waals surface area (Å²) in [4.78, 5) is 0.